The zero-order valence-electron chi connectivity index (χ0n) is 14.5. The van der Waals surface area contributed by atoms with Gasteiger partial charge in [0.15, 0.2) is 5.96 Å². The van der Waals surface area contributed by atoms with Crippen molar-refractivity contribution in [3.05, 3.63) is 35.4 Å². The Morgan fingerprint density at radius 3 is 2.58 bits per heavy atom. The van der Waals surface area contributed by atoms with Crippen molar-refractivity contribution in [3.8, 4) is 0 Å². The number of halogens is 1. The van der Waals surface area contributed by atoms with Crippen molar-refractivity contribution >= 4 is 29.9 Å². The molecular weight excluding hydrogens is 417 g/mol. The lowest BCUT2D eigenvalue weighted by Gasteiger charge is -2.22. The average Bonchev–Trinajstić information content (AvgIpc) is 3.20. The summed E-state index contributed by atoms with van der Waals surface area (Å²) in [5.41, 5.74) is 2.44. The predicted octanol–water partition coefficient (Wildman–Crippen LogP) is 2.83. The Labute approximate surface area is 161 Å². The van der Waals surface area contributed by atoms with Crippen molar-refractivity contribution in [2.24, 2.45) is 4.99 Å². The van der Waals surface area contributed by atoms with Gasteiger partial charge in [-0.2, -0.15) is 0 Å². The number of fused-ring (bicyclic) bond motifs is 2. The molecule has 2 fully saturated rings. The second-order valence-electron chi connectivity index (χ2n) is 6.24. The van der Waals surface area contributed by atoms with Crippen LogP contribution in [0.2, 0.25) is 0 Å². The molecule has 3 rings (SSSR count). The lowest BCUT2D eigenvalue weighted by molar-refractivity contribution is 0.0992. The van der Waals surface area contributed by atoms with Gasteiger partial charge in [0.05, 0.1) is 24.9 Å². The number of aliphatic imine (C=N–C) groups is 1. The minimum absolute atomic E-state index is 0. The highest BCUT2D eigenvalue weighted by Crippen LogP contribution is 2.34. The monoisotopic (exact) mass is 445 g/mol. The summed E-state index contributed by atoms with van der Waals surface area (Å²) in [5, 5.41) is 6.89. The van der Waals surface area contributed by atoms with Crippen molar-refractivity contribution < 1.29 is 9.47 Å². The molecule has 0 aliphatic carbocycles. The van der Waals surface area contributed by atoms with E-state index in [-0.39, 0.29) is 24.0 Å². The molecule has 2 bridgehead atoms. The summed E-state index contributed by atoms with van der Waals surface area (Å²) in [6, 6.07) is 8.90. The number of rotatable bonds is 6. The molecule has 24 heavy (non-hydrogen) atoms. The standard InChI is InChI=1S/C18H27N3O2.HI/c1-3-22-12-14-6-4-13(5-7-14)11-20-18(19-2)21-16-10-15-8-9-17(16)23-15;/h4-7,15-17H,3,8-12H2,1-2H3,(H2,19,20,21);1H. The summed E-state index contributed by atoms with van der Waals surface area (Å²) in [5.74, 6) is 0.851. The van der Waals surface area contributed by atoms with Crippen LogP contribution in [0.15, 0.2) is 29.3 Å². The first kappa shape index (κ1) is 19.5. The van der Waals surface area contributed by atoms with Gasteiger partial charge in [-0.25, -0.2) is 0 Å². The van der Waals surface area contributed by atoms with E-state index in [1.54, 1.807) is 0 Å². The second-order valence-corrected chi connectivity index (χ2v) is 6.24. The Morgan fingerprint density at radius 2 is 2.00 bits per heavy atom. The highest BCUT2D eigenvalue weighted by Gasteiger charge is 2.41. The molecule has 1 aromatic rings. The Morgan fingerprint density at radius 1 is 1.25 bits per heavy atom. The maximum atomic E-state index is 5.88. The van der Waals surface area contributed by atoms with Gasteiger partial charge in [0.1, 0.15) is 0 Å². The molecule has 0 aromatic heterocycles. The quantitative estimate of drug-likeness (QED) is 0.402. The second kappa shape index (κ2) is 9.58. The van der Waals surface area contributed by atoms with Crippen LogP contribution in [0, 0.1) is 0 Å². The topological polar surface area (TPSA) is 54.9 Å². The van der Waals surface area contributed by atoms with Crippen LogP contribution in [0.4, 0.5) is 0 Å². The van der Waals surface area contributed by atoms with Gasteiger partial charge >= 0.3 is 0 Å². The summed E-state index contributed by atoms with van der Waals surface area (Å²) in [6.45, 7) is 4.20. The molecule has 1 aromatic carbocycles. The van der Waals surface area contributed by atoms with Crippen molar-refractivity contribution in [2.75, 3.05) is 13.7 Å². The third-order valence-electron chi connectivity index (χ3n) is 4.61. The highest BCUT2D eigenvalue weighted by molar-refractivity contribution is 14.0. The summed E-state index contributed by atoms with van der Waals surface area (Å²) in [6.07, 6.45) is 4.28. The first-order valence-electron chi connectivity index (χ1n) is 8.56. The number of nitrogens with one attached hydrogen (secondary N) is 2. The Kier molecular flexibility index (Phi) is 7.77. The predicted molar refractivity (Wildman–Crippen MR) is 107 cm³/mol. The van der Waals surface area contributed by atoms with E-state index in [9.17, 15) is 0 Å². The molecule has 5 nitrogen and oxygen atoms in total. The summed E-state index contributed by atoms with van der Waals surface area (Å²) in [4.78, 5) is 4.33. The van der Waals surface area contributed by atoms with Crippen LogP contribution in [-0.2, 0) is 22.6 Å². The Balaban J connectivity index is 0.00000208. The molecule has 2 aliphatic heterocycles. The first-order valence-corrected chi connectivity index (χ1v) is 8.56. The number of hydrogen-bond donors (Lipinski definition) is 2. The smallest absolute Gasteiger partial charge is 0.191 e. The molecule has 2 N–H and O–H groups in total. The van der Waals surface area contributed by atoms with E-state index in [0.717, 1.165) is 25.5 Å². The van der Waals surface area contributed by atoms with Crippen LogP contribution in [0.5, 0.6) is 0 Å². The minimum Gasteiger partial charge on any atom is -0.377 e. The highest BCUT2D eigenvalue weighted by atomic mass is 127. The molecule has 0 saturated carbocycles. The van der Waals surface area contributed by atoms with E-state index >= 15 is 0 Å². The zero-order chi connectivity index (χ0) is 16.1. The summed E-state index contributed by atoms with van der Waals surface area (Å²) < 4.78 is 11.3. The van der Waals surface area contributed by atoms with Crippen molar-refractivity contribution in [1.82, 2.24) is 10.6 Å². The molecule has 0 radical (unpaired) electrons. The largest absolute Gasteiger partial charge is 0.377 e. The van der Waals surface area contributed by atoms with Gasteiger partial charge in [-0.15, -0.1) is 24.0 Å². The van der Waals surface area contributed by atoms with Gasteiger partial charge in [0.25, 0.3) is 0 Å². The molecular formula is C18H28IN3O2. The fourth-order valence-corrected chi connectivity index (χ4v) is 3.32. The van der Waals surface area contributed by atoms with Gasteiger partial charge in [-0.3, -0.25) is 4.99 Å². The van der Waals surface area contributed by atoms with Crippen LogP contribution in [-0.4, -0.2) is 37.9 Å². The summed E-state index contributed by atoms with van der Waals surface area (Å²) >= 11 is 0. The molecule has 3 unspecified atom stereocenters. The molecule has 2 aliphatic rings. The lowest BCUT2D eigenvalue weighted by atomic mass is 9.96. The number of hydrogen-bond acceptors (Lipinski definition) is 3. The van der Waals surface area contributed by atoms with Gasteiger partial charge < -0.3 is 20.1 Å². The Bertz CT molecular complexity index is 536. The van der Waals surface area contributed by atoms with Crippen molar-refractivity contribution in [1.29, 1.82) is 0 Å². The summed E-state index contributed by atoms with van der Waals surface area (Å²) in [7, 11) is 1.81. The number of benzene rings is 1. The number of nitrogens with zero attached hydrogens (tertiary/aromatic N) is 1. The van der Waals surface area contributed by atoms with E-state index in [1.807, 2.05) is 14.0 Å². The van der Waals surface area contributed by atoms with E-state index in [4.69, 9.17) is 9.47 Å². The van der Waals surface area contributed by atoms with E-state index in [0.29, 0.717) is 24.9 Å². The van der Waals surface area contributed by atoms with Gasteiger partial charge in [0, 0.05) is 20.2 Å². The van der Waals surface area contributed by atoms with Crippen molar-refractivity contribution in [3.63, 3.8) is 0 Å². The number of guanidine groups is 1. The van der Waals surface area contributed by atoms with Gasteiger partial charge in [-0.1, -0.05) is 24.3 Å². The van der Waals surface area contributed by atoms with E-state index in [2.05, 4.69) is 39.9 Å². The maximum absolute atomic E-state index is 5.88. The molecule has 3 atom stereocenters. The fraction of sp³-hybridized carbons (Fsp3) is 0.611. The maximum Gasteiger partial charge on any atom is 0.191 e. The van der Waals surface area contributed by atoms with E-state index < -0.39 is 0 Å². The fourth-order valence-electron chi connectivity index (χ4n) is 3.32. The van der Waals surface area contributed by atoms with Gasteiger partial charge in [-0.05, 0) is 37.3 Å². The van der Waals surface area contributed by atoms with E-state index in [1.165, 1.54) is 24.0 Å². The zero-order valence-corrected chi connectivity index (χ0v) is 16.8. The molecule has 2 heterocycles. The Hall–Kier alpha value is -0.860. The van der Waals surface area contributed by atoms with Crippen molar-refractivity contribution in [2.45, 2.75) is 57.6 Å². The lowest BCUT2D eigenvalue weighted by Crippen LogP contribution is -2.47. The van der Waals surface area contributed by atoms with Crippen LogP contribution in [0.1, 0.15) is 37.3 Å². The molecule has 0 amide bonds. The third kappa shape index (κ3) is 5.07. The molecule has 134 valence electrons. The normalized spacial score (nSPS) is 25.4. The minimum atomic E-state index is 0. The van der Waals surface area contributed by atoms with Crippen LogP contribution < -0.4 is 10.6 Å². The van der Waals surface area contributed by atoms with Gasteiger partial charge in [0.2, 0.25) is 0 Å². The van der Waals surface area contributed by atoms with Crippen LogP contribution in [0.3, 0.4) is 0 Å². The molecule has 0 spiro atoms. The first-order chi connectivity index (χ1) is 11.3. The molecule has 2 saturated heterocycles. The van der Waals surface area contributed by atoms with Crippen LogP contribution >= 0.6 is 24.0 Å². The third-order valence-corrected chi connectivity index (χ3v) is 4.61. The molecule has 6 heteroatoms. The number of ether oxygens (including phenoxy) is 2. The van der Waals surface area contributed by atoms with Crippen LogP contribution in [0.25, 0.3) is 0 Å². The average molecular weight is 445 g/mol. The SMILES string of the molecule is CCOCc1ccc(CNC(=NC)NC2CC3CCC2O3)cc1.I.